The highest BCUT2D eigenvalue weighted by Gasteiger charge is 2.55. The number of amides is 1. The quantitative estimate of drug-likeness (QED) is 0.260. The third-order valence-electron chi connectivity index (χ3n) is 7.92. The maximum Gasteiger partial charge on any atom is 0.455 e. The van der Waals surface area contributed by atoms with Crippen LogP contribution >= 0.6 is 0 Å². The molecule has 0 bridgehead atoms. The smallest absolute Gasteiger partial charge is 0.455 e. The molecule has 0 radical (unpaired) electrons. The standard InChI is InChI=1S/C24H36BN3O7/c1-13-20(22(13)25(33)34)17-6-7-18(21(23(17)30)24(31)32)35-16-11-28(12-16)19(29)10-14-2-4-15(5-3-14)27-9-8-26/h6-7,13-16,20,22,27,30,33-34H,2-5,8-12,26H2,1H3,(H,31,32)/t13?,14-,15+,20?,22?. The molecule has 192 valence electrons. The van der Waals surface area contributed by atoms with Crippen LogP contribution in [-0.4, -0.2) is 82.5 Å². The molecule has 0 spiro atoms. The second-order valence-electron chi connectivity index (χ2n) is 10.3. The maximum atomic E-state index is 12.7. The lowest BCUT2D eigenvalue weighted by molar-refractivity contribution is -0.141. The van der Waals surface area contributed by atoms with Crippen LogP contribution in [0.3, 0.4) is 0 Å². The zero-order valence-corrected chi connectivity index (χ0v) is 20.1. The second-order valence-corrected chi connectivity index (χ2v) is 10.3. The molecule has 1 aliphatic heterocycles. The van der Waals surface area contributed by atoms with Crippen LogP contribution in [0.4, 0.5) is 0 Å². The Morgan fingerprint density at radius 1 is 1.20 bits per heavy atom. The summed E-state index contributed by atoms with van der Waals surface area (Å²) in [5.74, 6) is -2.06. The van der Waals surface area contributed by atoms with E-state index in [9.17, 15) is 29.9 Å². The van der Waals surface area contributed by atoms with Crippen molar-refractivity contribution in [2.24, 2.45) is 17.6 Å². The molecule has 1 heterocycles. The number of nitrogens with zero attached hydrogens (tertiary/aromatic N) is 1. The van der Waals surface area contributed by atoms with E-state index in [0.717, 1.165) is 32.2 Å². The summed E-state index contributed by atoms with van der Waals surface area (Å²) in [7, 11) is -1.53. The number of rotatable bonds is 10. The summed E-state index contributed by atoms with van der Waals surface area (Å²) >= 11 is 0. The minimum Gasteiger partial charge on any atom is -0.507 e. The summed E-state index contributed by atoms with van der Waals surface area (Å²) in [6.07, 6.45) is 4.32. The van der Waals surface area contributed by atoms with E-state index < -0.39 is 24.7 Å². The predicted octanol–water partition coefficient (Wildman–Crippen LogP) is 0.754. The number of nitrogens with two attached hydrogens (primary N) is 1. The zero-order chi connectivity index (χ0) is 25.3. The van der Waals surface area contributed by atoms with Gasteiger partial charge in [-0.1, -0.05) is 13.0 Å². The van der Waals surface area contributed by atoms with Gasteiger partial charge >= 0.3 is 13.1 Å². The molecular formula is C24H36BN3O7. The average molecular weight is 489 g/mol. The number of benzene rings is 1. The number of carbonyl (C=O) groups excluding carboxylic acids is 1. The molecule has 3 atom stereocenters. The number of aromatic carboxylic acids is 1. The van der Waals surface area contributed by atoms with Crippen LogP contribution in [0.1, 0.15) is 60.9 Å². The van der Waals surface area contributed by atoms with Gasteiger partial charge in [-0.25, -0.2) is 4.79 Å². The SMILES string of the molecule is CC1C(B(O)O)C1c1ccc(OC2CN(C(=O)C[C@H]3CC[C@@H](NCCN)CC3)C2)c(C(=O)O)c1O. The highest BCUT2D eigenvalue weighted by atomic mass is 16.5. The van der Waals surface area contributed by atoms with Gasteiger partial charge in [-0.2, -0.15) is 0 Å². The van der Waals surface area contributed by atoms with E-state index in [-0.39, 0.29) is 35.2 Å². The molecular weight excluding hydrogens is 453 g/mol. The molecule has 4 rings (SSSR count). The number of carboxylic acids is 1. The summed E-state index contributed by atoms with van der Waals surface area (Å²) in [6, 6.07) is 3.58. The number of aromatic hydroxyl groups is 1. The van der Waals surface area contributed by atoms with Crippen molar-refractivity contribution in [3.05, 3.63) is 23.3 Å². The number of hydrogen-bond acceptors (Lipinski definition) is 8. The van der Waals surface area contributed by atoms with Gasteiger partial charge in [-0.3, -0.25) is 4.79 Å². The van der Waals surface area contributed by atoms with Crippen molar-refractivity contribution in [2.45, 2.75) is 62.9 Å². The van der Waals surface area contributed by atoms with Gasteiger partial charge in [0.25, 0.3) is 0 Å². The summed E-state index contributed by atoms with van der Waals surface area (Å²) in [6.45, 7) is 4.03. The van der Waals surface area contributed by atoms with Crippen molar-refractivity contribution in [1.29, 1.82) is 0 Å². The Bertz CT molecular complexity index is 932. The third-order valence-corrected chi connectivity index (χ3v) is 7.92. The maximum absolute atomic E-state index is 12.7. The van der Waals surface area contributed by atoms with Gasteiger partial charge in [0.2, 0.25) is 5.91 Å². The molecule has 1 aromatic carbocycles. The van der Waals surface area contributed by atoms with Crippen molar-refractivity contribution in [1.82, 2.24) is 10.2 Å². The van der Waals surface area contributed by atoms with Crippen LogP contribution in [0.15, 0.2) is 12.1 Å². The van der Waals surface area contributed by atoms with Crippen LogP contribution in [0.5, 0.6) is 11.5 Å². The first-order chi connectivity index (χ1) is 16.7. The molecule has 1 saturated heterocycles. The summed E-state index contributed by atoms with van der Waals surface area (Å²) < 4.78 is 5.85. The average Bonchev–Trinajstić information content (AvgIpc) is 3.45. The highest BCUT2D eigenvalue weighted by molar-refractivity contribution is 6.45. The van der Waals surface area contributed by atoms with Crippen LogP contribution in [0, 0.1) is 11.8 Å². The largest absolute Gasteiger partial charge is 0.507 e. The lowest BCUT2D eigenvalue weighted by Crippen LogP contribution is -2.56. The fourth-order valence-electron chi connectivity index (χ4n) is 5.73. The topological polar surface area (TPSA) is 166 Å². The Morgan fingerprint density at radius 2 is 1.89 bits per heavy atom. The molecule has 3 aliphatic rings. The molecule has 1 amide bonds. The first-order valence-corrected chi connectivity index (χ1v) is 12.5. The number of phenols is 1. The van der Waals surface area contributed by atoms with Crippen molar-refractivity contribution < 1.29 is 34.6 Å². The van der Waals surface area contributed by atoms with E-state index >= 15 is 0 Å². The molecule has 11 heteroatoms. The number of carboxylic acid groups (broad SMARTS) is 1. The fraction of sp³-hybridized carbons (Fsp3) is 0.667. The lowest BCUT2D eigenvalue weighted by atomic mass is 9.80. The Kier molecular flexibility index (Phi) is 7.90. The van der Waals surface area contributed by atoms with E-state index in [1.165, 1.54) is 6.07 Å². The predicted molar refractivity (Wildman–Crippen MR) is 129 cm³/mol. The summed E-state index contributed by atoms with van der Waals surface area (Å²) in [5, 5.41) is 42.8. The summed E-state index contributed by atoms with van der Waals surface area (Å²) in [4.78, 5) is 26.3. The van der Waals surface area contributed by atoms with E-state index in [4.69, 9.17) is 10.5 Å². The Morgan fingerprint density at radius 3 is 2.46 bits per heavy atom. The van der Waals surface area contributed by atoms with E-state index in [1.54, 1.807) is 11.0 Å². The van der Waals surface area contributed by atoms with Crippen molar-refractivity contribution >= 4 is 19.0 Å². The Hall–Kier alpha value is -2.34. The van der Waals surface area contributed by atoms with Crippen LogP contribution in [-0.2, 0) is 4.79 Å². The van der Waals surface area contributed by atoms with Gasteiger partial charge in [0.15, 0.2) is 0 Å². The molecule has 1 aromatic rings. The van der Waals surface area contributed by atoms with E-state index in [0.29, 0.717) is 43.6 Å². The number of likely N-dealkylation sites (tertiary alicyclic amines) is 1. The zero-order valence-electron chi connectivity index (χ0n) is 20.1. The van der Waals surface area contributed by atoms with E-state index in [1.807, 2.05) is 6.92 Å². The third kappa shape index (κ3) is 5.58. The number of nitrogens with one attached hydrogen (secondary N) is 1. The van der Waals surface area contributed by atoms with Crippen molar-refractivity contribution in [2.75, 3.05) is 26.2 Å². The van der Waals surface area contributed by atoms with Crippen molar-refractivity contribution in [3.8, 4) is 11.5 Å². The van der Waals surface area contributed by atoms with Gasteiger partial charge in [-0.15, -0.1) is 0 Å². The molecule has 10 nitrogen and oxygen atoms in total. The molecule has 7 N–H and O–H groups in total. The fourth-order valence-corrected chi connectivity index (χ4v) is 5.73. The molecule has 3 unspecified atom stereocenters. The monoisotopic (exact) mass is 489 g/mol. The Labute approximate surface area is 205 Å². The lowest BCUT2D eigenvalue weighted by Gasteiger charge is -2.40. The molecule has 2 aliphatic carbocycles. The minimum atomic E-state index is -1.53. The van der Waals surface area contributed by atoms with Crippen LogP contribution < -0.4 is 15.8 Å². The molecule has 35 heavy (non-hydrogen) atoms. The summed E-state index contributed by atoms with van der Waals surface area (Å²) in [5.41, 5.74) is 5.58. The molecule has 0 aromatic heterocycles. The van der Waals surface area contributed by atoms with Gasteiger partial charge in [0.1, 0.15) is 23.2 Å². The van der Waals surface area contributed by atoms with Gasteiger partial charge in [0, 0.05) is 31.4 Å². The van der Waals surface area contributed by atoms with Gasteiger partial charge in [-0.05, 0) is 55.1 Å². The number of ether oxygens (including phenoxy) is 1. The minimum absolute atomic E-state index is 0.0496. The first-order valence-electron chi connectivity index (χ1n) is 12.5. The number of carbonyl (C=O) groups is 2. The van der Waals surface area contributed by atoms with Crippen molar-refractivity contribution in [3.63, 3.8) is 0 Å². The van der Waals surface area contributed by atoms with Gasteiger partial charge < -0.3 is 40.9 Å². The van der Waals surface area contributed by atoms with E-state index in [2.05, 4.69) is 5.32 Å². The number of hydrogen-bond donors (Lipinski definition) is 6. The first kappa shape index (κ1) is 25.7. The van der Waals surface area contributed by atoms with Gasteiger partial charge in [0.05, 0.1) is 13.1 Å². The normalized spacial score (nSPS) is 28.3. The van der Waals surface area contributed by atoms with Crippen LogP contribution in [0.25, 0.3) is 0 Å². The second kappa shape index (κ2) is 10.7. The molecule has 3 fully saturated rings. The van der Waals surface area contributed by atoms with Crippen LogP contribution in [0.2, 0.25) is 5.82 Å². The Balaban J connectivity index is 1.29. The molecule has 2 saturated carbocycles. The highest BCUT2D eigenvalue weighted by Crippen LogP contribution is 2.61.